The number of para-hydroxylation sites is 1. The molecule has 1 aliphatic heterocycles. The summed E-state index contributed by atoms with van der Waals surface area (Å²) < 4.78 is 10.4. The SMILES string of the molecule is CCOC(=O)C[C@@H]1COc2c(C)cccc2C1=O. The van der Waals surface area contributed by atoms with Gasteiger partial charge in [-0.3, -0.25) is 9.59 Å². The van der Waals surface area contributed by atoms with E-state index in [0.29, 0.717) is 17.9 Å². The van der Waals surface area contributed by atoms with Gasteiger partial charge in [0.25, 0.3) is 0 Å². The van der Waals surface area contributed by atoms with Crippen molar-refractivity contribution in [2.75, 3.05) is 13.2 Å². The van der Waals surface area contributed by atoms with E-state index in [-0.39, 0.29) is 24.8 Å². The zero-order valence-electron chi connectivity index (χ0n) is 10.6. The Morgan fingerprint density at radius 1 is 1.50 bits per heavy atom. The Kier molecular flexibility index (Phi) is 3.65. The van der Waals surface area contributed by atoms with Crippen molar-refractivity contribution in [2.45, 2.75) is 20.3 Å². The van der Waals surface area contributed by atoms with Crippen molar-refractivity contribution in [3.63, 3.8) is 0 Å². The summed E-state index contributed by atoms with van der Waals surface area (Å²) in [6.07, 6.45) is 0.0834. The molecular weight excluding hydrogens is 232 g/mol. The van der Waals surface area contributed by atoms with Gasteiger partial charge in [0.15, 0.2) is 5.78 Å². The highest BCUT2D eigenvalue weighted by Crippen LogP contribution is 2.31. The number of ether oxygens (including phenoxy) is 2. The number of carbonyl (C=O) groups is 2. The van der Waals surface area contributed by atoms with Gasteiger partial charge >= 0.3 is 5.97 Å². The van der Waals surface area contributed by atoms with Gasteiger partial charge in [0, 0.05) is 0 Å². The zero-order chi connectivity index (χ0) is 13.1. The minimum Gasteiger partial charge on any atom is -0.492 e. The first-order valence-electron chi connectivity index (χ1n) is 6.05. The summed E-state index contributed by atoms with van der Waals surface area (Å²) >= 11 is 0. The van der Waals surface area contributed by atoms with Crippen LogP contribution in [-0.2, 0) is 9.53 Å². The lowest BCUT2D eigenvalue weighted by atomic mass is 9.91. The van der Waals surface area contributed by atoms with Gasteiger partial charge in [-0.2, -0.15) is 0 Å². The summed E-state index contributed by atoms with van der Waals surface area (Å²) in [4.78, 5) is 23.6. The van der Waals surface area contributed by atoms with E-state index < -0.39 is 5.92 Å². The largest absolute Gasteiger partial charge is 0.492 e. The topological polar surface area (TPSA) is 52.6 Å². The molecule has 0 aromatic heterocycles. The van der Waals surface area contributed by atoms with Gasteiger partial charge < -0.3 is 9.47 Å². The fourth-order valence-corrected chi connectivity index (χ4v) is 2.09. The summed E-state index contributed by atoms with van der Waals surface area (Å²) in [7, 11) is 0. The second-order valence-corrected chi connectivity index (χ2v) is 4.33. The molecule has 0 bridgehead atoms. The molecule has 0 radical (unpaired) electrons. The van der Waals surface area contributed by atoms with E-state index in [2.05, 4.69) is 0 Å². The van der Waals surface area contributed by atoms with Gasteiger partial charge in [0.2, 0.25) is 0 Å². The summed E-state index contributed by atoms with van der Waals surface area (Å²) in [5, 5.41) is 0. The average molecular weight is 248 g/mol. The van der Waals surface area contributed by atoms with Crippen LogP contribution in [0.3, 0.4) is 0 Å². The van der Waals surface area contributed by atoms with Crippen LogP contribution in [0.5, 0.6) is 5.75 Å². The summed E-state index contributed by atoms with van der Waals surface area (Å²) in [5.74, 6) is -0.176. The smallest absolute Gasteiger partial charge is 0.306 e. The normalized spacial score (nSPS) is 17.9. The molecule has 0 spiro atoms. The summed E-state index contributed by atoms with van der Waals surface area (Å²) in [6.45, 7) is 4.22. The van der Waals surface area contributed by atoms with Crippen LogP contribution >= 0.6 is 0 Å². The molecule has 0 saturated heterocycles. The van der Waals surface area contributed by atoms with Crippen LogP contribution in [0.1, 0.15) is 29.3 Å². The fourth-order valence-electron chi connectivity index (χ4n) is 2.09. The molecule has 0 saturated carbocycles. The molecule has 18 heavy (non-hydrogen) atoms. The third kappa shape index (κ3) is 2.37. The first kappa shape index (κ1) is 12.6. The molecule has 1 heterocycles. The van der Waals surface area contributed by atoms with E-state index in [1.165, 1.54) is 0 Å². The minimum absolute atomic E-state index is 0.0343. The second kappa shape index (κ2) is 5.21. The van der Waals surface area contributed by atoms with E-state index in [9.17, 15) is 9.59 Å². The number of hydrogen-bond donors (Lipinski definition) is 0. The second-order valence-electron chi connectivity index (χ2n) is 4.33. The van der Waals surface area contributed by atoms with Crippen LogP contribution < -0.4 is 4.74 Å². The molecule has 0 aliphatic carbocycles. The van der Waals surface area contributed by atoms with Crippen LogP contribution in [0.15, 0.2) is 18.2 Å². The number of benzene rings is 1. The Labute approximate surface area is 106 Å². The quantitative estimate of drug-likeness (QED) is 0.769. The summed E-state index contributed by atoms with van der Waals surface area (Å²) in [5.41, 5.74) is 1.51. The Hall–Kier alpha value is -1.84. The zero-order valence-corrected chi connectivity index (χ0v) is 10.6. The molecule has 1 aromatic rings. The number of carbonyl (C=O) groups excluding carboxylic acids is 2. The number of hydrogen-bond acceptors (Lipinski definition) is 4. The van der Waals surface area contributed by atoms with E-state index in [1.807, 2.05) is 19.1 Å². The lowest BCUT2D eigenvalue weighted by Crippen LogP contribution is -2.30. The lowest BCUT2D eigenvalue weighted by molar-refractivity contribution is -0.144. The molecule has 4 heteroatoms. The van der Waals surface area contributed by atoms with Crippen LogP contribution in [0, 0.1) is 12.8 Å². The minimum atomic E-state index is -0.432. The highest BCUT2D eigenvalue weighted by atomic mass is 16.5. The average Bonchev–Trinajstić information content (AvgIpc) is 2.34. The predicted octanol–water partition coefficient (Wildman–Crippen LogP) is 2.14. The predicted molar refractivity (Wildman–Crippen MR) is 65.7 cm³/mol. The molecule has 0 amide bonds. The van der Waals surface area contributed by atoms with Crippen molar-refractivity contribution in [3.8, 4) is 5.75 Å². The Morgan fingerprint density at radius 2 is 2.28 bits per heavy atom. The lowest BCUT2D eigenvalue weighted by Gasteiger charge is -2.24. The molecule has 1 atom stereocenters. The first-order chi connectivity index (χ1) is 8.63. The monoisotopic (exact) mass is 248 g/mol. The van der Waals surface area contributed by atoms with Gasteiger partial charge in [-0.05, 0) is 25.5 Å². The number of ketones is 1. The van der Waals surface area contributed by atoms with E-state index in [1.54, 1.807) is 13.0 Å². The number of rotatable bonds is 3. The van der Waals surface area contributed by atoms with Crippen molar-refractivity contribution in [1.82, 2.24) is 0 Å². The van der Waals surface area contributed by atoms with Crippen LogP contribution in [-0.4, -0.2) is 25.0 Å². The van der Waals surface area contributed by atoms with Crippen molar-refractivity contribution in [2.24, 2.45) is 5.92 Å². The number of Topliss-reactive ketones (excluding diaryl/α,β-unsaturated/α-hetero) is 1. The highest BCUT2D eigenvalue weighted by molar-refractivity contribution is 6.03. The molecule has 0 unspecified atom stereocenters. The molecule has 4 nitrogen and oxygen atoms in total. The fraction of sp³-hybridized carbons (Fsp3) is 0.429. The molecule has 0 N–H and O–H groups in total. The van der Waals surface area contributed by atoms with Crippen LogP contribution in [0.25, 0.3) is 0 Å². The maximum atomic E-state index is 12.2. The number of esters is 1. The van der Waals surface area contributed by atoms with Crippen molar-refractivity contribution >= 4 is 11.8 Å². The molecule has 1 aliphatic rings. The maximum absolute atomic E-state index is 12.2. The van der Waals surface area contributed by atoms with Crippen LogP contribution in [0.2, 0.25) is 0 Å². The number of aryl methyl sites for hydroxylation is 1. The molecule has 0 fully saturated rings. The molecule has 2 rings (SSSR count). The standard InChI is InChI=1S/C14H16O4/c1-3-17-12(15)7-10-8-18-14-9(2)5-4-6-11(14)13(10)16/h4-6,10H,3,7-8H2,1-2H3/t10-/m1/s1. The van der Waals surface area contributed by atoms with Crippen molar-refractivity contribution in [3.05, 3.63) is 29.3 Å². The van der Waals surface area contributed by atoms with E-state index >= 15 is 0 Å². The Morgan fingerprint density at radius 3 is 3.00 bits per heavy atom. The van der Waals surface area contributed by atoms with Gasteiger partial charge in [-0.25, -0.2) is 0 Å². The number of fused-ring (bicyclic) bond motifs is 1. The Balaban J connectivity index is 2.16. The first-order valence-corrected chi connectivity index (χ1v) is 6.05. The van der Waals surface area contributed by atoms with Gasteiger partial charge in [0.05, 0.1) is 31.1 Å². The van der Waals surface area contributed by atoms with Crippen molar-refractivity contribution < 1.29 is 19.1 Å². The maximum Gasteiger partial charge on any atom is 0.306 e. The third-order valence-electron chi connectivity index (χ3n) is 3.00. The van der Waals surface area contributed by atoms with E-state index in [0.717, 1.165) is 5.56 Å². The van der Waals surface area contributed by atoms with Gasteiger partial charge in [0.1, 0.15) is 5.75 Å². The van der Waals surface area contributed by atoms with Gasteiger partial charge in [-0.1, -0.05) is 12.1 Å². The van der Waals surface area contributed by atoms with Crippen LogP contribution in [0.4, 0.5) is 0 Å². The third-order valence-corrected chi connectivity index (χ3v) is 3.00. The molecule has 1 aromatic carbocycles. The van der Waals surface area contributed by atoms with Gasteiger partial charge in [-0.15, -0.1) is 0 Å². The van der Waals surface area contributed by atoms with Crippen molar-refractivity contribution in [1.29, 1.82) is 0 Å². The Bertz CT molecular complexity index is 479. The van der Waals surface area contributed by atoms with E-state index in [4.69, 9.17) is 9.47 Å². The molecular formula is C14H16O4. The summed E-state index contributed by atoms with van der Waals surface area (Å²) in [6, 6.07) is 5.46. The highest BCUT2D eigenvalue weighted by Gasteiger charge is 2.31. The molecule has 96 valence electrons.